The molecule has 1 aliphatic rings. The molecule has 0 unspecified atom stereocenters. The van der Waals surface area contributed by atoms with E-state index in [0.717, 1.165) is 22.7 Å². The van der Waals surface area contributed by atoms with Crippen molar-refractivity contribution in [2.24, 2.45) is 0 Å². The van der Waals surface area contributed by atoms with E-state index in [9.17, 15) is 9.59 Å². The van der Waals surface area contributed by atoms with Crippen LogP contribution in [0.25, 0.3) is 0 Å². The van der Waals surface area contributed by atoms with Crippen LogP contribution >= 0.6 is 0 Å². The lowest BCUT2D eigenvalue weighted by Gasteiger charge is -2.28. The van der Waals surface area contributed by atoms with Gasteiger partial charge in [-0.2, -0.15) is 0 Å². The number of ether oxygens (including phenoxy) is 2. The van der Waals surface area contributed by atoms with Crippen LogP contribution < -0.4 is 10.2 Å². The largest absolute Gasteiger partial charge is 0.443 e. The van der Waals surface area contributed by atoms with Gasteiger partial charge in [-0.1, -0.05) is 0 Å². The van der Waals surface area contributed by atoms with E-state index in [1.54, 1.807) is 47.7 Å². The van der Waals surface area contributed by atoms with Crippen LogP contribution in [0.1, 0.15) is 52.8 Å². The summed E-state index contributed by atoms with van der Waals surface area (Å²) in [5.41, 5.74) is 0.217. The van der Waals surface area contributed by atoms with Gasteiger partial charge in [0.05, 0.1) is 5.69 Å². The van der Waals surface area contributed by atoms with E-state index in [2.05, 4.69) is 15.3 Å². The molecule has 0 saturated heterocycles. The zero-order valence-electron chi connectivity index (χ0n) is 15.7. The highest BCUT2D eigenvalue weighted by Crippen LogP contribution is 2.20. The van der Waals surface area contributed by atoms with Crippen molar-refractivity contribution >= 4 is 18.1 Å². The second kappa shape index (κ2) is 6.95. The quantitative estimate of drug-likeness (QED) is 0.832. The fraction of sp³-hybridized carbons (Fsp3) is 0.647. The number of hydrogen-bond donors (Lipinski definition) is 1. The number of aromatic nitrogens is 2. The van der Waals surface area contributed by atoms with Crippen molar-refractivity contribution in [2.75, 3.05) is 11.4 Å². The number of carbonyl (C=O) groups excluding carboxylic acids is 2. The molecule has 138 valence electrons. The van der Waals surface area contributed by atoms with E-state index in [1.807, 2.05) is 0 Å². The molecule has 0 bridgehead atoms. The van der Waals surface area contributed by atoms with E-state index >= 15 is 0 Å². The molecule has 0 saturated carbocycles. The van der Waals surface area contributed by atoms with Crippen LogP contribution in [0.15, 0.2) is 6.20 Å². The Morgan fingerprint density at radius 3 is 2.16 bits per heavy atom. The Morgan fingerprint density at radius 1 is 1.08 bits per heavy atom. The average molecular weight is 350 g/mol. The summed E-state index contributed by atoms with van der Waals surface area (Å²) in [4.78, 5) is 34.4. The average Bonchev–Trinajstić information content (AvgIpc) is 2.43. The summed E-state index contributed by atoms with van der Waals surface area (Å²) in [5, 5.41) is 3.22. The zero-order valence-corrected chi connectivity index (χ0v) is 15.7. The maximum Gasteiger partial charge on any atom is 0.427 e. The van der Waals surface area contributed by atoms with Crippen LogP contribution in [0.5, 0.6) is 0 Å². The summed E-state index contributed by atoms with van der Waals surface area (Å²) in [5.74, 6) is -0.0378. The molecule has 2 rings (SSSR count). The summed E-state index contributed by atoms with van der Waals surface area (Å²) in [7, 11) is 0. The first kappa shape index (κ1) is 19.1. The molecule has 2 amide bonds. The molecule has 8 nitrogen and oxygen atoms in total. The van der Waals surface area contributed by atoms with Gasteiger partial charge < -0.3 is 14.8 Å². The highest BCUT2D eigenvalue weighted by atomic mass is 16.6. The minimum absolute atomic E-state index is 0.0378. The molecular weight excluding hydrogens is 324 g/mol. The van der Waals surface area contributed by atoms with Gasteiger partial charge in [-0.3, -0.25) is 0 Å². The SMILES string of the molecule is CC(C)(C)OC(=O)N(C(=O)OC(C)(C)C)c1ncc2c(n1)CCNC2. The molecule has 1 N–H and O–H groups in total. The smallest absolute Gasteiger partial charge is 0.427 e. The summed E-state index contributed by atoms with van der Waals surface area (Å²) >= 11 is 0. The molecule has 0 fully saturated rings. The summed E-state index contributed by atoms with van der Waals surface area (Å²) < 4.78 is 10.7. The Bertz CT molecular complexity index is 634. The van der Waals surface area contributed by atoms with E-state index in [0.29, 0.717) is 13.0 Å². The number of carbonyl (C=O) groups is 2. The lowest BCUT2D eigenvalue weighted by Crippen LogP contribution is -2.45. The van der Waals surface area contributed by atoms with Crippen LogP contribution in [0.3, 0.4) is 0 Å². The van der Waals surface area contributed by atoms with Crippen molar-refractivity contribution in [1.29, 1.82) is 0 Å². The second-order valence-electron chi connectivity index (χ2n) is 7.86. The van der Waals surface area contributed by atoms with Crippen LogP contribution in [0, 0.1) is 0 Å². The van der Waals surface area contributed by atoms with E-state index in [1.165, 1.54) is 0 Å². The predicted molar refractivity (Wildman–Crippen MR) is 92.4 cm³/mol. The molecule has 0 aliphatic carbocycles. The molecule has 0 atom stereocenters. The molecule has 1 aliphatic heterocycles. The first-order chi connectivity index (χ1) is 11.5. The second-order valence-corrected chi connectivity index (χ2v) is 7.86. The normalized spacial score (nSPS) is 14.5. The minimum atomic E-state index is -0.865. The molecular formula is C17H26N4O4. The molecule has 2 heterocycles. The highest BCUT2D eigenvalue weighted by Gasteiger charge is 2.35. The number of amides is 2. The van der Waals surface area contributed by atoms with Gasteiger partial charge in [0.25, 0.3) is 0 Å². The monoisotopic (exact) mass is 350 g/mol. The predicted octanol–water partition coefficient (Wildman–Crippen LogP) is 2.80. The van der Waals surface area contributed by atoms with Gasteiger partial charge in [0, 0.05) is 31.3 Å². The lowest BCUT2D eigenvalue weighted by molar-refractivity contribution is 0.0427. The van der Waals surface area contributed by atoms with Crippen LogP contribution in [-0.4, -0.2) is 39.9 Å². The van der Waals surface area contributed by atoms with Crippen LogP contribution in [-0.2, 0) is 22.4 Å². The van der Waals surface area contributed by atoms with Crippen LogP contribution in [0.4, 0.5) is 15.5 Å². The van der Waals surface area contributed by atoms with Gasteiger partial charge in [-0.25, -0.2) is 19.6 Å². The molecule has 1 aromatic heterocycles. The van der Waals surface area contributed by atoms with E-state index in [-0.39, 0.29) is 5.95 Å². The summed E-state index contributed by atoms with van der Waals surface area (Å²) in [6, 6.07) is 0. The third kappa shape index (κ3) is 5.38. The van der Waals surface area contributed by atoms with Gasteiger partial charge >= 0.3 is 12.2 Å². The number of fused-ring (bicyclic) bond motifs is 1. The van der Waals surface area contributed by atoms with E-state index < -0.39 is 23.4 Å². The molecule has 1 aromatic rings. The Morgan fingerprint density at radius 2 is 1.64 bits per heavy atom. The van der Waals surface area contributed by atoms with Crippen LogP contribution in [0.2, 0.25) is 0 Å². The van der Waals surface area contributed by atoms with Crippen molar-refractivity contribution in [1.82, 2.24) is 15.3 Å². The standard InChI is InChI=1S/C17H26N4O4/c1-16(2,3)24-14(22)21(15(23)25-17(4,5)6)13-19-10-11-9-18-8-7-12(11)20-13/h10,18H,7-9H2,1-6H3. The number of imide groups is 1. The van der Waals surface area contributed by atoms with Gasteiger partial charge in [-0.15, -0.1) is 4.90 Å². The highest BCUT2D eigenvalue weighted by molar-refractivity contribution is 6.08. The van der Waals surface area contributed by atoms with Crippen molar-refractivity contribution in [3.63, 3.8) is 0 Å². The number of nitrogens with zero attached hydrogens (tertiary/aromatic N) is 3. The number of nitrogens with one attached hydrogen (secondary N) is 1. The maximum atomic E-state index is 12.6. The Labute approximate surface area is 147 Å². The molecule has 25 heavy (non-hydrogen) atoms. The van der Waals surface area contributed by atoms with Crippen molar-refractivity contribution < 1.29 is 19.1 Å². The number of hydrogen-bond acceptors (Lipinski definition) is 7. The fourth-order valence-electron chi connectivity index (χ4n) is 2.19. The summed E-state index contributed by atoms with van der Waals surface area (Å²) in [6.45, 7) is 11.8. The fourth-order valence-corrected chi connectivity index (χ4v) is 2.19. The third-order valence-corrected chi connectivity index (χ3v) is 3.15. The lowest BCUT2D eigenvalue weighted by atomic mass is 10.1. The Hall–Kier alpha value is -2.22. The maximum absolute atomic E-state index is 12.6. The minimum Gasteiger partial charge on any atom is -0.443 e. The Kier molecular flexibility index (Phi) is 5.31. The van der Waals surface area contributed by atoms with Crippen molar-refractivity contribution in [3.05, 3.63) is 17.5 Å². The first-order valence-electron chi connectivity index (χ1n) is 8.28. The molecule has 0 spiro atoms. The molecule has 0 radical (unpaired) electrons. The molecule has 0 aromatic carbocycles. The topological polar surface area (TPSA) is 93.7 Å². The third-order valence-electron chi connectivity index (χ3n) is 3.15. The van der Waals surface area contributed by atoms with Gasteiger partial charge in [-0.05, 0) is 41.5 Å². The van der Waals surface area contributed by atoms with Gasteiger partial charge in [0.15, 0.2) is 0 Å². The first-order valence-corrected chi connectivity index (χ1v) is 8.28. The van der Waals surface area contributed by atoms with Crippen molar-refractivity contribution in [3.8, 4) is 0 Å². The number of rotatable bonds is 1. The Balaban J connectivity index is 2.36. The summed E-state index contributed by atoms with van der Waals surface area (Å²) in [6.07, 6.45) is 0.582. The van der Waals surface area contributed by atoms with Gasteiger partial charge in [0.1, 0.15) is 11.2 Å². The van der Waals surface area contributed by atoms with Gasteiger partial charge in [0.2, 0.25) is 5.95 Å². The van der Waals surface area contributed by atoms with E-state index in [4.69, 9.17) is 9.47 Å². The molecule has 8 heteroatoms. The zero-order chi connectivity index (χ0) is 18.8. The van der Waals surface area contributed by atoms with Crippen molar-refractivity contribution in [2.45, 2.75) is 65.7 Å². The number of anilines is 1.